The van der Waals surface area contributed by atoms with Crippen molar-refractivity contribution < 1.29 is 22.0 Å². The number of anilines is 2. The topological polar surface area (TPSA) is 69.7 Å². The fourth-order valence-corrected chi connectivity index (χ4v) is 6.13. The van der Waals surface area contributed by atoms with E-state index in [0.717, 1.165) is 44.2 Å². The molecular formula is C23H27F2N3O3S. The standard InChI is InChI=1S/C23H27F2N3O3S/c1-16-6-2-3-13-28(16)32(30,31)19-9-7-17(8-10-19)23(29)26-18-14-20(24)22(21(25)15-18)27-11-4-5-12-27/h7-10,14-16H,2-6,11-13H2,1H3,(H,26,29). The van der Waals surface area contributed by atoms with E-state index in [9.17, 15) is 22.0 Å². The van der Waals surface area contributed by atoms with Crippen molar-refractivity contribution in [3.63, 3.8) is 0 Å². The van der Waals surface area contributed by atoms with Crippen LogP contribution in [0, 0.1) is 11.6 Å². The van der Waals surface area contributed by atoms with Gasteiger partial charge >= 0.3 is 0 Å². The average molecular weight is 464 g/mol. The molecule has 6 nitrogen and oxygen atoms in total. The van der Waals surface area contributed by atoms with Gasteiger partial charge in [0.2, 0.25) is 10.0 Å². The maximum Gasteiger partial charge on any atom is 0.255 e. The molecule has 32 heavy (non-hydrogen) atoms. The molecule has 0 saturated carbocycles. The number of benzene rings is 2. The smallest absolute Gasteiger partial charge is 0.255 e. The molecule has 172 valence electrons. The van der Waals surface area contributed by atoms with Crippen molar-refractivity contribution in [3.8, 4) is 0 Å². The summed E-state index contributed by atoms with van der Waals surface area (Å²) in [6.07, 6.45) is 4.43. The monoisotopic (exact) mass is 463 g/mol. The van der Waals surface area contributed by atoms with Crippen LogP contribution in [-0.4, -0.2) is 44.3 Å². The summed E-state index contributed by atoms with van der Waals surface area (Å²) in [5.74, 6) is -2.02. The molecule has 2 saturated heterocycles. The number of amides is 1. The predicted octanol–water partition coefficient (Wildman–Crippen LogP) is 4.38. The molecule has 1 unspecified atom stereocenters. The van der Waals surface area contributed by atoms with Gasteiger partial charge in [0, 0.05) is 36.9 Å². The number of carbonyl (C=O) groups excluding carboxylic acids is 1. The summed E-state index contributed by atoms with van der Waals surface area (Å²) >= 11 is 0. The SMILES string of the molecule is CC1CCCCN1S(=O)(=O)c1ccc(C(=O)Nc2cc(F)c(N3CCCC3)c(F)c2)cc1. The zero-order chi connectivity index (χ0) is 22.9. The maximum absolute atomic E-state index is 14.5. The Morgan fingerprint density at radius 1 is 0.969 bits per heavy atom. The highest BCUT2D eigenvalue weighted by Crippen LogP contribution is 2.30. The largest absolute Gasteiger partial charge is 0.367 e. The van der Waals surface area contributed by atoms with E-state index in [-0.39, 0.29) is 27.9 Å². The van der Waals surface area contributed by atoms with Gasteiger partial charge in [-0.15, -0.1) is 0 Å². The lowest BCUT2D eigenvalue weighted by atomic mass is 10.1. The minimum atomic E-state index is -3.64. The van der Waals surface area contributed by atoms with Gasteiger partial charge in [-0.05, 0) is 69.0 Å². The predicted molar refractivity (Wildman–Crippen MR) is 119 cm³/mol. The Bertz CT molecular complexity index is 1080. The van der Waals surface area contributed by atoms with E-state index < -0.39 is 27.6 Å². The molecule has 0 bridgehead atoms. The van der Waals surface area contributed by atoms with Crippen molar-refractivity contribution in [2.45, 2.75) is 50.0 Å². The summed E-state index contributed by atoms with van der Waals surface area (Å²) in [6, 6.07) is 7.73. The van der Waals surface area contributed by atoms with Crippen LogP contribution in [0.25, 0.3) is 0 Å². The maximum atomic E-state index is 14.5. The van der Waals surface area contributed by atoms with Gasteiger partial charge in [0.1, 0.15) is 5.69 Å². The van der Waals surface area contributed by atoms with Crippen LogP contribution in [0.4, 0.5) is 20.2 Å². The second-order valence-electron chi connectivity index (χ2n) is 8.42. The van der Waals surface area contributed by atoms with Crippen LogP contribution in [0.1, 0.15) is 49.4 Å². The Labute approximate surface area is 187 Å². The molecular weight excluding hydrogens is 436 g/mol. The Balaban J connectivity index is 1.48. The summed E-state index contributed by atoms with van der Waals surface area (Å²) in [5, 5.41) is 2.49. The third-order valence-corrected chi connectivity index (χ3v) is 8.19. The molecule has 0 aromatic heterocycles. The molecule has 2 heterocycles. The van der Waals surface area contributed by atoms with Crippen LogP contribution in [-0.2, 0) is 10.0 Å². The van der Waals surface area contributed by atoms with Crippen molar-refractivity contribution in [2.75, 3.05) is 29.9 Å². The van der Waals surface area contributed by atoms with Crippen molar-refractivity contribution in [3.05, 3.63) is 53.6 Å². The summed E-state index contributed by atoms with van der Waals surface area (Å²) in [5.41, 5.74) is 0.133. The van der Waals surface area contributed by atoms with Gasteiger partial charge in [-0.1, -0.05) is 6.42 Å². The van der Waals surface area contributed by atoms with E-state index >= 15 is 0 Å². The van der Waals surface area contributed by atoms with Gasteiger partial charge in [-0.2, -0.15) is 4.31 Å². The number of nitrogens with one attached hydrogen (secondary N) is 1. The van der Waals surface area contributed by atoms with Crippen LogP contribution < -0.4 is 10.2 Å². The second-order valence-corrected chi connectivity index (χ2v) is 10.3. The summed E-state index contributed by atoms with van der Waals surface area (Å²) < 4.78 is 56.4. The molecule has 2 aromatic carbocycles. The molecule has 0 spiro atoms. The molecule has 1 N–H and O–H groups in total. The minimum Gasteiger partial charge on any atom is -0.367 e. The lowest BCUT2D eigenvalue weighted by Crippen LogP contribution is -2.41. The Kier molecular flexibility index (Phi) is 6.48. The van der Waals surface area contributed by atoms with Crippen LogP contribution in [0.5, 0.6) is 0 Å². The number of nitrogens with zero attached hydrogens (tertiary/aromatic N) is 2. The fourth-order valence-electron chi connectivity index (χ4n) is 4.43. The van der Waals surface area contributed by atoms with Crippen LogP contribution >= 0.6 is 0 Å². The highest BCUT2D eigenvalue weighted by atomic mass is 32.2. The number of hydrogen-bond acceptors (Lipinski definition) is 4. The number of sulfonamides is 1. The number of piperidine rings is 1. The molecule has 0 aliphatic carbocycles. The summed E-state index contributed by atoms with van der Waals surface area (Å²) in [6.45, 7) is 3.58. The normalized spacial score (nSPS) is 19.8. The van der Waals surface area contributed by atoms with Crippen LogP contribution in [0.15, 0.2) is 41.3 Å². The quantitative estimate of drug-likeness (QED) is 0.715. The van der Waals surface area contributed by atoms with E-state index in [4.69, 9.17) is 0 Å². The number of carbonyl (C=O) groups is 1. The zero-order valence-corrected chi connectivity index (χ0v) is 18.8. The highest BCUT2D eigenvalue weighted by molar-refractivity contribution is 7.89. The van der Waals surface area contributed by atoms with Gasteiger partial charge in [0.15, 0.2) is 11.6 Å². The highest BCUT2D eigenvalue weighted by Gasteiger charge is 2.31. The first-order valence-electron chi connectivity index (χ1n) is 10.9. The van der Waals surface area contributed by atoms with Crippen molar-refractivity contribution >= 4 is 27.3 Å². The fraction of sp³-hybridized carbons (Fsp3) is 0.435. The minimum absolute atomic E-state index is 0.00628. The summed E-state index contributed by atoms with van der Waals surface area (Å²) in [7, 11) is -3.64. The second kappa shape index (κ2) is 9.15. The lowest BCUT2D eigenvalue weighted by Gasteiger charge is -2.32. The van der Waals surface area contributed by atoms with Crippen LogP contribution in [0.3, 0.4) is 0 Å². The molecule has 1 atom stereocenters. The Morgan fingerprint density at radius 2 is 1.56 bits per heavy atom. The average Bonchev–Trinajstić information content (AvgIpc) is 3.28. The molecule has 4 rings (SSSR count). The van der Waals surface area contributed by atoms with Gasteiger partial charge < -0.3 is 10.2 Å². The molecule has 2 fully saturated rings. The molecule has 2 aliphatic rings. The Hall–Kier alpha value is -2.52. The molecule has 0 radical (unpaired) electrons. The van der Waals surface area contributed by atoms with Gasteiger partial charge in [-0.3, -0.25) is 4.79 Å². The third-order valence-electron chi connectivity index (χ3n) is 6.16. The first-order valence-corrected chi connectivity index (χ1v) is 12.4. The van der Waals surface area contributed by atoms with Gasteiger partial charge in [0.25, 0.3) is 5.91 Å². The first kappa shape index (κ1) is 22.7. The number of halogens is 2. The van der Waals surface area contributed by atoms with E-state index in [0.29, 0.717) is 19.6 Å². The van der Waals surface area contributed by atoms with Crippen molar-refractivity contribution in [1.29, 1.82) is 0 Å². The molecule has 2 aromatic rings. The molecule has 9 heteroatoms. The van der Waals surface area contributed by atoms with Gasteiger partial charge in [0.05, 0.1) is 4.90 Å². The van der Waals surface area contributed by atoms with Crippen molar-refractivity contribution in [1.82, 2.24) is 4.31 Å². The Morgan fingerprint density at radius 3 is 2.16 bits per heavy atom. The van der Waals surface area contributed by atoms with Crippen LogP contribution in [0.2, 0.25) is 0 Å². The zero-order valence-electron chi connectivity index (χ0n) is 18.0. The lowest BCUT2D eigenvalue weighted by molar-refractivity contribution is 0.102. The molecule has 1 amide bonds. The van der Waals surface area contributed by atoms with Crippen molar-refractivity contribution in [2.24, 2.45) is 0 Å². The van der Waals surface area contributed by atoms with Gasteiger partial charge in [-0.25, -0.2) is 17.2 Å². The summed E-state index contributed by atoms with van der Waals surface area (Å²) in [4.78, 5) is 14.4. The van der Waals surface area contributed by atoms with E-state index in [1.54, 1.807) is 4.90 Å². The molecule has 2 aliphatic heterocycles. The van der Waals surface area contributed by atoms with E-state index in [1.807, 2.05) is 6.92 Å². The third kappa shape index (κ3) is 4.49. The van der Waals surface area contributed by atoms with E-state index in [1.165, 1.54) is 28.6 Å². The first-order chi connectivity index (χ1) is 15.3. The number of hydrogen-bond donors (Lipinski definition) is 1. The number of rotatable bonds is 5. The van der Waals surface area contributed by atoms with E-state index in [2.05, 4.69) is 5.32 Å².